The molecular weight excluding hydrogens is 376 g/mol. The van der Waals surface area contributed by atoms with Gasteiger partial charge in [-0.1, -0.05) is 26.0 Å². The second-order valence-corrected chi connectivity index (χ2v) is 9.10. The van der Waals surface area contributed by atoms with Gasteiger partial charge >= 0.3 is 0 Å². The average Bonchev–Trinajstić information content (AvgIpc) is 3.49. The maximum Gasteiger partial charge on any atom is 0.251 e. The monoisotopic (exact) mass is 402 g/mol. The van der Waals surface area contributed by atoms with E-state index in [1.54, 1.807) is 19.2 Å². The lowest BCUT2D eigenvalue weighted by molar-refractivity contribution is 0.0925. The van der Waals surface area contributed by atoms with Crippen LogP contribution in [0, 0.1) is 5.92 Å². The van der Waals surface area contributed by atoms with Gasteiger partial charge in [0.25, 0.3) is 5.91 Å². The first kappa shape index (κ1) is 20.4. The molecule has 150 valence electrons. The lowest BCUT2D eigenvalue weighted by Crippen LogP contribution is -2.31. The molecule has 28 heavy (non-hydrogen) atoms. The summed E-state index contributed by atoms with van der Waals surface area (Å²) in [6, 6.07) is 13.5. The Morgan fingerprint density at radius 3 is 2.14 bits per heavy atom. The first-order chi connectivity index (χ1) is 13.3. The van der Waals surface area contributed by atoms with Crippen molar-refractivity contribution < 1.29 is 17.9 Å². The van der Waals surface area contributed by atoms with Crippen LogP contribution < -0.4 is 14.8 Å². The lowest BCUT2D eigenvalue weighted by Gasteiger charge is -2.23. The Hall–Kier alpha value is -2.38. The molecule has 0 bridgehead atoms. The molecule has 6 nitrogen and oxygen atoms in total. The van der Waals surface area contributed by atoms with E-state index in [9.17, 15) is 13.2 Å². The number of rotatable bonds is 8. The quantitative estimate of drug-likeness (QED) is 0.710. The molecule has 2 N–H and O–H groups in total. The van der Waals surface area contributed by atoms with Crippen LogP contribution in [-0.4, -0.2) is 27.5 Å². The minimum Gasteiger partial charge on any atom is -0.497 e. The van der Waals surface area contributed by atoms with Gasteiger partial charge in [-0.25, -0.2) is 13.1 Å². The summed E-state index contributed by atoms with van der Waals surface area (Å²) in [5, 5.41) is 3.04. The third-order valence-electron chi connectivity index (χ3n) is 4.75. The molecule has 0 aromatic heterocycles. The van der Waals surface area contributed by atoms with Crippen LogP contribution in [0.2, 0.25) is 0 Å². The van der Waals surface area contributed by atoms with Gasteiger partial charge in [0.15, 0.2) is 0 Å². The summed E-state index contributed by atoms with van der Waals surface area (Å²) in [7, 11) is -1.91. The van der Waals surface area contributed by atoms with Crippen LogP contribution in [0.5, 0.6) is 5.75 Å². The molecule has 1 saturated carbocycles. The van der Waals surface area contributed by atoms with E-state index in [0.29, 0.717) is 5.56 Å². The van der Waals surface area contributed by atoms with Gasteiger partial charge in [0, 0.05) is 11.6 Å². The van der Waals surface area contributed by atoms with Crippen molar-refractivity contribution >= 4 is 15.9 Å². The second kappa shape index (κ2) is 8.32. The predicted octanol–water partition coefficient (Wildman–Crippen LogP) is 3.26. The van der Waals surface area contributed by atoms with Gasteiger partial charge in [0.1, 0.15) is 5.75 Å². The number of benzene rings is 2. The van der Waals surface area contributed by atoms with Crippen molar-refractivity contribution in [2.75, 3.05) is 7.11 Å². The Morgan fingerprint density at radius 2 is 1.64 bits per heavy atom. The van der Waals surface area contributed by atoms with E-state index >= 15 is 0 Å². The fraction of sp³-hybridized carbons (Fsp3) is 0.381. The van der Waals surface area contributed by atoms with E-state index in [-0.39, 0.29) is 28.8 Å². The second-order valence-electron chi connectivity index (χ2n) is 7.39. The number of carbonyl (C=O) groups excluding carboxylic acids is 1. The van der Waals surface area contributed by atoms with E-state index in [2.05, 4.69) is 10.0 Å². The smallest absolute Gasteiger partial charge is 0.251 e. The Morgan fingerprint density at radius 1 is 1.04 bits per heavy atom. The fourth-order valence-electron chi connectivity index (χ4n) is 2.94. The van der Waals surface area contributed by atoms with Crippen molar-refractivity contribution in [2.45, 2.75) is 43.7 Å². The number of amides is 1. The summed E-state index contributed by atoms with van der Waals surface area (Å²) in [6.45, 7) is 4.07. The Kier molecular flexibility index (Phi) is 6.05. The minimum atomic E-state index is -3.52. The zero-order valence-electron chi connectivity index (χ0n) is 16.3. The molecule has 1 atom stereocenters. The fourth-order valence-corrected chi connectivity index (χ4v) is 4.25. The summed E-state index contributed by atoms with van der Waals surface area (Å²) in [6.07, 6.45) is 1.75. The largest absolute Gasteiger partial charge is 0.497 e. The first-order valence-electron chi connectivity index (χ1n) is 9.37. The summed E-state index contributed by atoms with van der Waals surface area (Å²) in [5.74, 6) is 0.697. The highest BCUT2D eigenvalue weighted by Crippen LogP contribution is 2.25. The zero-order valence-corrected chi connectivity index (χ0v) is 17.1. The number of hydrogen-bond donors (Lipinski definition) is 2. The average molecular weight is 403 g/mol. The number of sulfonamides is 1. The molecule has 1 aliphatic rings. The molecule has 0 saturated heterocycles. The molecule has 1 amide bonds. The molecule has 0 radical (unpaired) electrons. The van der Waals surface area contributed by atoms with Crippen molar-refractivity contribution in [3.63, 3.8) is 0 Å². The highest BCUT2D eigenvalue weighted by atomic mass is 32.2. The zero-order chi connectivity index (χ0) is 20.3. The molecule has 3 rings (SSSR count). The Labute approximate surface area is 166 Å². The maximum absolute atomic E-state index is 12.7. The maximum atomic E-state index is 12.7. The van der Waals surface area contributed by atoms with Crippen molar-refractivity contribution in [3.05, 3.63) is 59.7 Å². The van der Waals surface area contributed by atoms with Crippen LogP contribution in [0.4, 0.5) is 0 Å². The number of hydrogen-bond acceptors (Lipinski definition) is 4. The van der Waals surface area contributed by atoms with Crippen LogP contribution in [0.3, 0.4) is 0 Å². The van der Waals surface area contributed by atoms with Gasteiger partial charge in [-0.05, 0) is 60.7 Å². The SMILES string of the molecule is COc1ccc(C(NC(=O)c2ccc(S(=O)(=O)NC3CC3)cc2)C(C)C)cc1. The molecule has 1 aliphatic carbocycles. The Bertz CT molecular complexity index is 918. The highest BCUT2D eigenvalue weighted by Gasteiger charge is 2.28. The van der Waals surface area contributed by atoms with E-state index in [4.69, 9.17) is 4.74 Å². The molecule has 2 aromatic rings. The summed E-state index contributed by atoms with van der Waals surface area (Å²) < 4.78 is 32.3. The third kappa shape index (κ3) is 4.91. The molecule has 0 aliphatic heterocycles. The van der Waals surface area contributed by atoms with Crippen LogP contribution in [0.15, 0.2) is 53.4 Å². The van der Waals surface area contributed by atoms with Gasteiger partial charge in [0.05, 0.1) is 18.0 Å². The van der Waals surface area contributed by atoms with Crippen LogP contribution in [0.1, 0.15) is 48.7 Å². The lowest BCUT2D eigenvalue weighted by atomic mass is 9.95. The van der Waals surface area contributed by atoms with Gasteiger partial charge < -0.3 is 10.1 Å². The number of carbonyl (C=O) groups is 1. The van der Waals surface area contributed by atoms with Gasteiger partial charge in [0.2, 0.25) is 10.0 Å². The highest BCUT2D eigenvalue weighted by molar-refractivity contribution is 7.89. The molecule has 1 unspecified atom stereocenters. The van der Waals surface area contributed by atoms with E-state index in [1.165, 1.54) is 12.1 Å². The van der Waals surface area contributed by atoms with Crippen LogP contribution in [0.25, 0.3) is 0 Å². The topological polar surface area (TPSA) is 84.5 Å². The number of methoxy groups -OCH3 is 1. The molecule has 2 aromatic carbocycles. The minimum absolute atomic E-state index is 0.0456. The molecular formula is C21H26N2O4S. The van der Waals surface area contributed by atoms with Crippen LogP contribution >= 0.6 is 0 Å². The summed E-state index contributed by atoms with van der Waals surface area (Å²) >= 11 is 0. The molecule has 0 heterocycles. The number of nitrogens with one attached hydrogen (secondary N) is 2. The van der Waals surface area contributed by atoms with Crippen molar-refractivity contribution in [3.8, 4) is 5.75 Å². The van der Waals surface area contributed by atoms with Gasteiger partial charge in [-0.3, -0.25) is 4.79 Å². The summed E-state index contributed by atoms with van der Waals surface area (Å²) in [4.78, 5) is 12.9. The number of ether oxygens (including phenoxy) is 1. The molecule has 7 heteroatoms. The molecule has 0 spiro atoms. The van der Waals surface area contributed by atoms with E-state index in [1.807, 2.05) is 38.1 Å². The van der Waals surface area contributed by atoms with Gasteiger partial charge in [-0.2, -0.15) is 0 Å². The third-order valence-corrected chi connectivity index (χ3v) is 6.29. The van der Waals surface area contributed by atoms with E-state index < -0.39 is 10.0 Å². The standard InChI is InChI=1S/C21H26N2O4S/c1-14(2)20(15-4-10-18(27-3)11-5-15)22-21(24)16-6-12-19(13-7-16)28(25,26)23-17-8-9-17/h4-7,10-14,17,20,23H,8-9H2,1-3H3,(H,22,24). The summed E-state index contributed by atoms with van der Waals surface area (Å²) in [5.41, 5.74) is 1.40. The van der Waals surface area contributed by atoms with E-state index in [0.717, 1.165) is 24.2 Å². The normalized spacial score (nSPS) is 15.3. The van der Waals surface area contributed by atoms with Crippen LogP contribution in [-0.2, 0) is 10.0 Å². The first-order valence-corrected chi connectivity index (χ1v) is 10.9. The molecule has 1 fully saturated rings. The van der Waals surface area contributed by atoms with Gasteiger partial charge in [-0.15, -0.1) is 0 Å². The van der Waals surface area contributed by atoms with Crippen molar-refractivity contribution in [1.82, 2.24) is 10.0 Å². The Balaban J connectivity index is 1.72. The predicted molar refractivity (Wildman–Crippen MR) is 108 cm³/mol. The van der Waals surface area contributed by atoms with Crippen molar-refractivity contribution in [1.29, 1.82) is 0 Å². The van der Waals surface area contributed by atoms with Crippen molar-refractivity contribution in [2.24, 2.45) is 5.92 Å².